The largest absolute Gasteiger partial charge is 0.496 e. The van der Waals surface area contributed by atoms with Crippen LogP contribution in [-0.4, -0.2) is 44.4 Å². The molecular weight excluding hydrogens is 252 g/mol. The fourth-order valence-corrected chi connectivity index (χ4v) is 2.80. The van der Waals surface area contributed by atoms with E-state index >= 15 is 0 Å². The second-order valence-corrected chi connectivity index (χ2v) is 5.48. The normalized spacial score (nSPS) is 21.7. The van der Waals surface area contributed by atoms with Gasteiger partial charge in [0.1, 0.15) is 5.75 Å². The van der Waals surface area contributed by atoms with Crippen LogP contribution < -0.4 is 10.5 Å². The molecule has 2 N–H and O–H groups in total. The van der Waals surface area contributed by atoms with Crippen molar-refractivity contribution in [1.29, 1.82) is 0 Å². The lowest BCUT2D eigenvalue weighted by atomic mass is 10.0. The fourth-order valence-electron chi connectivity index (χ4n) is 2.80. The van der Waals surface area contributed by atoms with Crippen molar-refractivity contribution in [1.82, 2.24) is 4.90 Å². The molecule has 2 atom stereocenters. The van der Waals surface area contributed by atoms with E-state index in [1.165, 1.54) is 5.56 Å². The Balaban J connectivity index is 2.10. The Labute approximate surface area is 121 Å². The number of benzene rings is 1. The predicted molar refractivity (Wildman–Crippen MR) is 81.1 cm³/mol. The van der Waals surface area contributed by atoms with Crippen molar-refractivity contribution in [3.8, 4) is 5.75 Å². The van der Waals surface area contributed by atoms with Gasteiger partial charge in [-0.05, 0) is 19.4 Å². The summed E-state index contributed by atoms with van der Waals surface area (Å²) < 4.78 is 11.0. The fraction of sp³-hybridized carbons (Fsp3) is 0.625. The van der Waals surface area contributed by atoms with E-state index < -0.39 is 0 Å². The van der Waals surface area contributed by atoms with Crippen molar-refractivity contribution in [2.75, 3.05) is 33.4 Å². The molecule has 20 heavy (non-hydrogen) atoms. The predicted octanol–water partition coefficient (Wildman–Crippen LogP) is 2.11. The molecule has 1 aromatic rings. The van der Waals surface area contributed by atoms with Gasteiger partial charge in [0.2, 0.25) is 0 Å². The molecular formula is C16H26N2O2. The Morgan fingerprint density at radius 1 is 1.50 bits per heavy atom. The van der Waals surface area contributed by atoms with E-state index in [2.05, 4.69) is 30.9 Å². The van der Waals surface area contributed by atoms with Gasteiger partial charge in [0, 0.05) is 30.7 Å². The number of methoxy groups -OCH3 is 1. The highest BCUT2D eigenvalue weighted by Crippen LogP contribution is 2.26. The first-order chi connectivity index (χ1) is 9.65. The van der Waals surface area contributed by atoms with Gasteiger partial charge in [0.25, 0.3) is 0 Å². The lowest BCUT2D eigenvalue weighted by molar-refractivity contribution is -0.0111. The maximum atomic E-state index is 6.43. The van der Waals surface area contributed by atoms with Crippen LogP contribution in [-0.2, 0) is 4.74 Å². The van der Waals surface area contributed by atoms with Crippen molar-refractivity contribution in [2.45, 2.75) is 32.4 Å². The van der Waals surface area contributed by atoms with E-state index in [-0.39, 0.29) is 6.04 Å². The van der Waals surface area contributed by atoms with Crippen LogP contribution in [0.2, 0.25) is 0 Å². The molecule has 112 valence electrons. The lowest BCUT2D eigenvalue weighted by Crippen LogP contribution is -2.47. The number of ether oxygens (including phenoxy) is 2. The maximum absolute atomic E-state index is 6.43. The number of hydrogen-bond donors (Lipinski definition) is 1. The Morgan fingerprint density at radius 3 is 3.00 bits per heavy atom. The zero-order valence-corrected chi connectivity index (χ0v) is 12.8. The van der Waals surface area contributed by atoms with Crippen molar-refractivity contribution >= 4 is 0 Å². The number of rotatable bonds is 5. The Morgan fingerprint density at radius 2 is 2.30 bits per heavy atom. The first kappa shape index (κ1) is 15.3. The third kappa shape index (κ3) is 3.51. The van der Waals surface area contributed by atoms with Gasteiger partial charge in [0.05, 0.1) is 20.3 Å². The molecule has 1 aromatic carbocycles. The molecule has 4 heteroatoms. The van der Waals surface area contributed by atoms with Gasteiger partial charge in [-0.1, -0.05) is 24.6 Å². The average Bonchev–Trinajstić information content (AvgIpc) is 2.47. The van der Waals surface area contributed by atoms with Crippen LogP contribution in [0.15, 0.2) is 18.2 Å². The molecule has 1 aliphatic heterocycles. The van der Waals surface area contributed by atoms with Gasteiger partial charge in [-0.3, -0.25) is 4.90 Å². The third-order valence-electron chi connectivity index (χ3n) is 4.04. The van der Waals surface area contributed by atoms with Crippen molar-refractivity contribution in [2.24, 2.45) is 5.73 Å². The van der Waals surface area contributed by atoms with Crippen LogP contribution in [0.25, 0.3) is 0 Å². The molecule has 0 bridgehead atoms. The number of aryl methyl sites for hydroxylation is 1. The van der Waals surface area contributed by atoms with Crippen LogP contribution in [0.4, 0.5) is 0 Å². The quantitative estimate of drug-likeness (QED) is 0.896. The van der Waals surface area contributed by atoms with Crippen molar-refractivity contribution in [3.05, 3.63) is 29.3 Å². The molecule has 0 radical (unpaired) electrons. The molecule has 1 saturated heterocycles. The standard InChI is InChI=1S/C16H26N2O2/c1-4-13-11-20-8-7-18(13)10-15(17)14-9-12(2)5-6-16(14)19-3/h5-6,9,13,15H,4,7-8,10-11,17H2,1-3H3. The van der Waals surface area contributed by atoms with E-state index in [1.807, 2.05) is 6.07 Å². The molecule has 2 rings (SSSR count). The summed E-state index contributed by atoms with van der Waals surface area (Å²) in [7, 11) is 1.70. The highest BCUT2D eigenvalue weighted by molar-refractivity contribution is 5.39. The minimum absolute atomic E-state index is 0.0306. The van der Waals surface area contributed by atoms with Gasteiger partial charge in [-0.2, -0.15) is 0 Å². The SMILES string of the molecule is CCC1COCCN1CC(N)c1cc(C)ccc1OC. The highest BCUT2D eigenvalue weighted by Gasteiger charge is 2.24. The zero-order chi connectivity index (χ0) is 14.5. The first-order valence-electron chi connectivity index (χ1n) is 7.37. The number of morpholine rings is 1. The minimum atomic E-state index is -0.0306. The van der Waals surface area contributed by atoms with E-state index in [4.69, 9.17) is 15.2 Å². The number of nitrogens with two attached hydrogens (primary N) is 1. The summed E-state index contributed by atoms with van der Waals surface area (Å²) in [6.07, 6.45) is 1.09. The van der Waals surface area contributed by atoms with Gasteiger partial charge >= 0.3 is 0 Å². The van der Waals surface area contributed by atoms with E-state index in [9.17, 15) is 0 Å². The van der Waals surface area contributed by atoms with Crippen LogP contribution >= 0.6 is 0 Å². The van der Waals surface area contributed by atoms with Crippen molar-refractivity contribution < 1.29 is 9.47 Å². The molecule has 0 saturated carbocycles. The van der Waals surface area contributed by atoms with E-state index in [1.54, 1.807) is 7.11 Å². The van der Waals surface area contributed by atoms with Crippen LogP contribution in [0, 0.1) is 6.92 Å². The van der Waals surface area contributed by atoms with E-state index in [0.29, 0.717) is 6.04 Å². The Kier molecular flexibility index (Phi) is 5.40. The van der Waals surface area contributed by atoms with Crippen molar-refractivity contribution in [3.63, 3.8) is 0 Å². The molecule has 0 spiro atoms. The maximum Gasteiger partial charge on any atom is 0.123 e. The lowest BCUT2D eigenvalue weighted by Gasteiger charge is -2.36. The second-order valence-electron chi connectivity index (χ2n) is 5.48. The number of nitrogens with zero attached hydrogens (tertiary/aromatic N) is 1. The van der Waals surface area contributed by atoms with Gasteiger partial charge in [0.15, 0.2) is 0 Å². The van der Waals surface area contributed by atoms with Gasteiger partial charge in [-0.15, -0.1) is 0 Å². The molecule has 0 amide bonds. The monoisotopic (exact) mass is 278 g/mol. The first-order valence-corrected chi connectivity index (χ1v) is 7.37. The molecule has 1 heterocycles. The summed E-state index contributed by atoms with van der Waals surface area (Å²) in [6.45, 7) is 7.70. The Bertz CT molecular complexity index is 436. The molecule has 1 fully saturated rings. The van der Waals surface area contributed by atoms with Crippen LogP contribution in [0.3, 0.4) is 0 Å². The average molecular weight is 278 g/mol. The summed E-state index contributed by atoms with van der Waals surface area (Å²) in [4.78, 5) is 2.44. The van der Waals surface area contributed by atoms with E-state index in [0.717, 1.165) is 44.0 Å². The molecule has 1 aliphatic rings. The minimum Gasteiger partial charge on any atom is -0.496 e. The van der Waals surface area contributed by atoms with Gasteiger partial charge < -0.3 is 15.2 Å². The zero-order valence-electron chi connectivity index (χ0n) is 12.8. The molecule has 2 unspecified atom stereocenters. The second kappa shape index (κ2) is 7.07. The summed E-state index contributed by atoms with van der Waals surface area (Å²) in [5.41, 5.74) is 8.73. The summed E-state index contributed by atoms with van der Waals surface area (Å²) >= 11 is 0. The third-order valence-corrected chi connectivity index (χ3v) is 4.04. The molecule has 0 aromatic heterocycles. The van der Waals surface area contributed by atoms with Crippen LogP contribution in [0.1, 0.15) is 30.5 Å². The summed E-state index contributed by atoms with van der Waals surface area (Å²) in [5.74, 6) is 0.879. The molecule has 0 aliphatic carbocycles. The summed E-state index contributed by atoms with van der Waals surface area (Å²) in [6, 6.07) is 6.63. The van der Waals surface area contributed by atoms with Crippen LogP contribution in [0.5, 0.6) is 5.75 Å². The topological polar surface area (TPSA) is 47.7 Å². The Hall–Kier alpha value is -1.10. The molecule has 4 nitrogen and oxygen atoms in total. The smallest absolute Gasteiger partial charge is 0.123 e. The highest BCUT2D eigenvalue weighted by atomic mass is 16.5. The number of hydrogen-bond acceptors (Lipinski definition) is 4. The summed E-state index contributed by atoms with van der Waals surface area (Å²) in [5, 5.41) is 0. The van der Waals surface area contributed by atoms with Gasteiger partial charge in [-0.25, -0.2) is 0 Å².